The van der Waals surface area contributed by atoms with Gasteiger partial charge in [0.25, 0.3) is 0 Å². The molecule has 132 valence electrons. The zero-order chi connectivity index (χ0) is 17.8. The summed E-state index contributed by atoms with van der Waals surface area (Å²) in [5, 5.41) is 6.21. The molecule has 1 unspecified atom stereocenters. The summed E-state index contributed by atoms with van der Waals surface area (Å²) in [6, 6.07) is 5.17. The minimum atomic E-state index is -0.357. The molecule has 25 heavy (non-hydrogen) atoms. The van der Waals surface area contributed by atoms with Crippen LogP contribution in [0.3, 0.4) is 0 Å². The van der Waals surface area contributed by atoms with Crippen LogP contribution in [-0.4, -0.2) is 37.0 Å². The Labute approximate surface area is 154 Å². The smallest absolute Gasteiger partial charge is 0.227 e. The van der Waals surface area contributed by atoms with Crippen molar-refractivity contribution in [1.82, 2.24) is 10.3 Å². The van der Waals surface area contributed by atoms with E-state index in [1.54, 1.807) is 40.6 Å². The predicted octanol–water partition coefficient (Wildman–Crippen LogP) is 2.52. The van der Waals surface area contributed by atoms with E-state index in [2.05, 4.69) is 10.3 Å². The van der Waals surface area contributed by atoms with E-state index in [-0.39, 0.29) is 24.2 Å². The minimum Gasteiger partial charge on any atom is -0.495 e. The number of hydrogen-bond acceptors (Lipinski definition) is 5. The first-order chi connectivity index (χ1) is 12.1. The number of ether oxygens (including phenoxy) is 1. The van der Waals surface area contributed by atoms with Crippen molar-refractivity contribution in [3.8, 4) is 5.75 Å². The topological polar surface area (TPSA) is 71.5 Å². The molecule has 2 amide bonds. The first-order valence-corrected chi connectivity index (χ1v) is 9.14. The molecule has 6 nitrogen and oxygen atoms in total. The molecule has 1 atom stereocenters. The van der Waals surface area contributed by atoms with Gasteiger partial charge in [-0.25, -0.2) is 4.98 Å². The molecule has 1 saturated heterocycles. The fraction of sp³-hybridized carbons (Fsp3) is 0.353. The lowest BCUT2D eigenvalue weighted by Gasteiger charge is -2.17. The highest BCUT2D eigenvalue weighted by atomic mass is 35.5. The number of benzene rings is 1. The Bertz CT molecular complexity index is 767. The number of methoxy groups -OCH3 is 1. The Hall–Kier alpha value is -2.12. The van der Waals surface area contributed by atoms with Crippen molar-refractivity contribution in [3.63, 3.8) is 0 Å². The molecule has 0 bridgehead atoms. The number of nitrogens with one attached hydrogen (secondary N) is 1. The van der Waals surface area contributed by atoms with Crippen LogP contribution in [0.15, 0.2) is 29.8 Å². The molecule has 0 aliphatic carbocycles. The maximum absolute atomic E-state index is 12.3. The second-order valence-electron chi connectivity index (χ2n) is 5.69. The highest BCUT2D eigenvalue weighted by Crippen LogP contribution is 2.32. The molecule has 0 radical (unpaired) electrons. The molecule has 3 rings (SSSR count). The van der Waals surface area contributed by atoms with E-state index in [9.17, 15) is 9.59 Å². The van der Waals surface area contributed by atoms with Crippen molar-refractivity contribution in [2.45, 2.75) is 12.8 Å². The van der Waals surface area contributed by atoms with Crippen LogP contribution in [0.1, 0.15) is 11.4 Å². The van der Waals surface area contributed by atoms with Gasteiger partial charge in [-0.1, -0.05) is 11.6 Å². The van der Waals surface area contributed by atoms with Gasteiger partial charge < -0.3 is 15.0 Å². The number of carbonyl (C=O) groups excluding carboxylic acids is 2. The number of carbonyl (C=O) groups is 2. The molecule has 1 N–H and O–H groups in total. The number of rotatable bonds is 6. The lowest BCUT2D eigenvalue weighted by molar-refractivity contribution is -0.126. The van der Waals surface area contributed by atoms with Crippen molar-refractivity contribution >= 4 is 40.4 Å². The average Bonchev–Trinajstić information content (AvgIpc) is 3.24. The highest BCUT2D eigenvalue weighted by molar-refractivity contribution is 7.09. The second kappa shape index (κ2) is 7.84. The summed E-state index contributed by atoms with van der Waals surface area (Å²) in [5.41, 5.74) is 0.675. The zero-order valence-corrected chi connectivity index (χ0v) is 15.3. The standard InChI is InChI=1S/C17H18ClN3O3S/c1-24-14-3-2-12(9-13(14)18)21-10-11(8-16(21)22)17(23)20-5-4-15-19-6-7-25-15/h2-3,6-7,9,11H,4-5,8,10H2,1H3,(H,20,23). The van der Waals surface area contributed by atoms with E-state index >= 15 is 0 Å². The van der Waals surface area contributed by atoms with E-state index in [0.29, 0.717) is 36.0 Å². The van der Waals surface area contributed by atoms with Gasteiger partial charge in [0.1, 0.15) is 5.75 Å². The molecule has 2 aromatic rings. The number of thiazole rings is 1. The summed E-state index contributed by atoms with van der Waals surface area (Å²) >= 11 is 7.69. The molecular formula is C17H18ClN3O3S. The van der Waals surface area contributed by atoms with Gasteiger partial charge in [-0.3, -0.25) is 9.59 Å². The molecule has 1 aromatic carbocycles. The van der Waals surface area contributed by atoms with Crippen LogP contribution < -0.4 is 15.0 Å². The van der Waals surface area contributed by atoms with Crippen LogP contribution in [0.4, 0.5) is 5.69 Å². The Morgan fingerprint density at radius 3 is 3.04 bits per heavy atom. The average molecular weight is 380 g/mol. The Morgan fingerprint density at radius 2 is 2.36 bits per heavy atom. The summed E-state index contributed by atoms with van der Waals surface area (Å²) in [5.74, 6) is 0.00605. The summed E-state index contributed by atoms with van der Waals surface area (Å²) < 4.78 is 5.12. The van der Waals surface area contributed by atoms with Gasteiger partial charge in [0.15, 0.2) is 0 Å². The van der Waals surface area contributed by atoms with Crippen LogP contribution in [0, 0.1) is 5.92 Å². The van der Waals surface area contributed by atoms with Gasteiger partial charge in [-0.05, 0) is 18.2 Å². The molecule has 2 heterocycles. The highest BCUT2D eigenvalue weighted by Gasteiger charge is 2.35. The third-order valence-corrected chi connectivity index (χ3v) is 5.20. The van der Waals surface area contributed by atoms with Gasteiger partial charge in [-0.2, -0.15) is 0 Å². The summed E-state index contributed by atoms with van der Waals surface area (Å²) in [6.45, 7) is 0.871. The van der Waals surface area contributed by atoms with Crippen molar-refractivity contribution in [2.24, 2.45) is 5.92 Å². The number of amides is 2. The summed E-state index contributed by atoms with van der Waals surface area (Å²) in [6.07, 6.45) is 2.64. The quantitative estimate of drug-likeness (QED) is 0.837. The third-order valence-electron chi connectivity index (χ3n) is 4.06. The van der Waals surface area contributed by atoms with E-state index in [0.717, 1.165) is 5.01 Å². The third kappa shape index (κ3) is 4.11. The fourth-order valence-electron chi connectivity index (χ4n) is 2.77. The van der Waals surface area contributed by atoms with Gasteiger partial charge in [0.05, 0.1) is 23.1 Å². The number of anilines is 1. The van der Waals surface area contributed by atoms with Crippen molar-refractivity contribution < 1.29 is 14.3 Å². The van der Waals surface area contributed by atoms with Crippen LogP contribution in [0.5, 0.6) is 5.75 Å². The molecule has 1 aromatic heterocycles. The lowest BCUT2D eigenvalue weighted by Crippen LogP contribution is -2.34. The molecule has 1 fully saturated rings. The maximum Gasteiger partial charge on any atom is 0.227 e. The molecule has 1 aliphatic heterocycles. The summed E-state index contributed by atoms with van der Waals surface area (Å²) in [7, 11) is 1.54. The van der Waals surface area contributed by atoms with E-state index in [1.807, 2.05) is 5.38 Å². The first kappa shape index (κ1) is 17.7. The molecule has 0 spiro atoms. The van der Waals surface area contributed by atoms with Crippen molar-refractivity contribution in [1.29, 1.82) is 0 Å². The molecule has 1 aliphatic rings. The van der Waals surface area contributed by atoms with Gasteiger partial charge in [-0.15, -0.1) is 11.3 Å². The lowest BCUT2D eigenvalue weighted by atomic mass is 10.1. The van der Waals surface area contributed by atoms with Gasteiger partial charge in [0.2, 0.25) is 11.8 Å². The zero-order valence-electron chi connectivity index (χ0n) is 13.7. The maximum atomic E-state index is 12.3. The van der Waals surface area contributed by atoms with E-state index in [4.69, 9.17) is 16.3 Å². The SMILES string of the molecule is COc1ccc(N2CC(C(=O)NCCc3nccs3)CC2=O)cc1Cl. The number of halogens is 1. The largest absolute Gasteiger partial charge is 0.495 e. The van der Waals surface area contributed by atoms with Crippen molar-refractivity contribution in [2.75, 3.05) is 25.1 Å². The Morgan fingerprint density at radius 1 is 1.52 bits per heavy atom. The molecule has 8 heteroatoms. The van der Waals surface area contributed by atoms with Crippen LogP contribution in [0.2, 0.25) is 5.02 Å². The number of nitrogens with zero attached hydrogens (tertiary/aromatic N) is 2. The predicted molar refractivity (Wildman–Crippen MR) is 97.3 cm³/mol. The van der Waals surface area contributed by atoms with E-state index < -0.39 is 0 Å². The Kier molecular flexibility index (Phi) is 5.55. The fourth-order valence-corrected chi connectivity index (χ4v) is 3.64. The van der Waals surface area contributed by atoms with Gasteiger partial charge >= 0.3 is 0 Å². The van der Waals surface area contributed by atoms with Crippen LogP contribution >= 0.6 is 22.9 Å². The minimum absolute atomic E-state index is 0.0821. The number of aromatic nitrogens is 1. The van der Waals surface area contributed by atoms with Gasteiger partial charge in [0, 0.05) is 43.2 Å². The first-order valence-electron chi connectivity index (χ1n) is 7.88. The molecular weight excluding hydrogens is 362 g/mol. The Balaban J connectivity index is 1.58. The normalized spacial score (nSPS) is 17.0. The monoisotopic (exact) mass is 379 g/mol. The van der Waals surface area contributed by atoms with Crippen LogP contribution in [-0.2, 0) is 16.0 Å². The summed E-state index contributed by atoms with van der Waals surface area (Å²) in [4.78, 5) is 30.4. The van der Waals surface area contributed by atoms with E-state index in [1.165, 1.54) is 7.11 Å². The van der Waals surface area contributed by atoms with Crippen molar-refractivity contribution in [3.05, 3.63) is 39.8 Å². The molecule has 0 saturated carbocycles. The number of hydrogen-bond donors (Lipinski definition) is 1. The second-order valence-corrected chi connectivity index (χ2v) is 7.08. The van der Waals surface area contributed by atoms with Crippen LogP contribution in [0.25, 0.3) is 0 Å².